The highest BCUT2D eigenvalue weighted by atomic mass is 28.4. The molecule has 0 saturated heterocycles. The van der Waals surface area contributed by atoms with Crippen molar-refractivity contribution in [2.45, 2.75) is 110 Å². The molecule has 10 heteroatoms. The van der Waals surface area contributed by atoms with E-state index in [4.69, 9.17) is 42.3 Å². The number of hydrogen-bond acceptors (Lipinski definition) is 9. The fourth-order valence-corrected chi connectivity index (χ4v) is 4.97. The maximum atomic E-state index is 5.72. The van der Waals surface area contributed by atoms with E-state index in [0.717, 1.165) is 13.0 Å². The zero-order valence-electron chi connectivity index (χ0n) is 29.4. The third-order valence-corrected chi connectivity index (χ3v) is 7.83. The largest absolute Gasteiger partial charge is 0.415 e. The molecule has 0 aromatic carbocycles. The van der Waals surface area contributed by atoms with Crippen LogP contribution in [0.3, 0.4) is 0 Å². The van der Waals surface area contributed by atoms with Gasteiger partial charge >= 0.3 is 0 Å². The van der Waals surface area contributed by atoms with Crippen LogP contribution >= 0.6 is 0 Å². The van der Waals surface area contributed by atoms with E-state index in [9.17, 15) is 0 Å². The van der Waals surface area contributed by atoms with Crippen molar-refractivity contribution in [2.75, 3.05) is 112 Å². The summed E-state index contributed by atoms with van der Waals surface area (Å²) in [5, 5.41) is 0. The van der Waals surface area contributed by atoms with Gasteiger partial charge in [-0.25, -0.2) is 0 Å². The summed E-state index contributed by atoms with van der Waals surface area (Å²) in [4.78, 5) is 0. The lowest BCUT2D eigenvalue weighted by molar-refractivity contribution is -0.0237. The molecule has 266 valence electrons. The number of hydrogen-bond donors (Lipinski definition) is 0. The molecule has 0 bridgehead atoms. The predicted molar refractivity (Wildman–Crippen MR) is 182 cm³/mol. The van der Waals surface area contributed by atoms with Crippen LogP contribution in [0.25, 0.3) is 0 Å². The minimum atomic E-state index is -1.44. The highest BCUT2D eigenvalue weighted by Gasteiger charge is 2.13. The Hall–Kier alpha value is -0.143. The molecule has 0 N–H and O–H groups in total. The quantitative estimate of drug-likeness (QED) is 0.0512. The number of unbranched alkanes of at least 4 members (excludes halogenated alkanes) is 12. The maximum Gasteiger partial charge on any atom is 0.183 e. The molecule has 0 aliphatic carbocycles. The van der Waals surface area contributed by atoms with Crippen molar-refractivity contribution in [3.63, 3.8) is 0 Å². The van der Waals surface area contributed by atoms with E-state index < -0.39 is 8.32 Å². The number of rotatable bonds is 39. The Bertz CT molecular complexity index is 523. The average Bonchev–Trinajstić information content (AvgIpc) is 3.00. The summed E-state index contributed by atoms with van der Waals surface area (Å²) in [6.45, 7) is 18.8. The molecule has 0 aromatic rings. The lowest BCUT2D eigenvalue weighted by Crippen LogP contribution is -2.27. The van der Waals surface area contributed by atoms with E-state index in [1.807, 2.05) is 0 Å². The van der Waals surface area contributed by atoms with E-state index in [2.05, 4.69) is 26.6 Å². The van der Waals surface area contributed by atoms with Crippen LogP contribution in [0.5, 0.6) is 0 Å². The first-order valence-corrected chi connectivity index (χ1v) is 21.2. The van der Waals surface area contributed by atoms with Crippen molar-refractivity contribution in [2.24, 2.45) is 0 Å². The van der Waals surface area contributed by atoms with Gasteiger partial charge in [-0.3, -0.25) is 0 Å². The van der Waals surface area contributed by atoms with Gasteiger partial charge in [0.25, 0.3) is 0 Å². The molecule has 0 unspecified atom stereocenters. The summed E-state index contributed by atoms with van der Waals surface area (Å²) >= 11 is 0. The van der Waals surface area contributed by atoms with Crippen LogP contribution in [0.15, 0.2) is 0 Å². The van der Waals surface area contributed by atoms with Gasteiger partial charge in [-0.2, -0.15) is 0 Å². The van der Waals surface area contributed by atoms with E-state index in [1.54, 1.807) is 0 Å². The Labute approximate surface area is 272 Å². The molecule has 0 aromatic heterocycles. The minimum Gasteiger partial charge on any atom is -0.415 e. The first kappa shape index (κ1) is 43.9. The Morgan fingerprint density at radius 2 is 0.500 bits per heavy atom. The smallest absolute Gasteiger partial charge is 0.183 e. The molecule has 0 aliphatic heterocycles. The van der Waals surface area contributed by atoms with E-state index >= 15 is 0 Å². The molecule has 0 radical (unpaired) electrons. The summed E-state index contributed by atoms with van der Waals surface area (Å²) in [5.74, 6) is 0. The lowest BCUT2D eigenvalue weighted by atomic mass is 10.0. The maximum absolute atomic E-state index is 5.72. The molecule has 0 amide bonds. The fourth-order valence-electron chi connectivity index (χ4n) is 4.27. The molecule has 0 heterocycles. The van der Waals surface area contributed by atoms with Gasteiger partial charge < -0.3 is 42.3 Å². The van der Waals surface area contributed by atoms with Gasteiger partial charge in [0.05, 0.1) is 106 Å². The predicted octanol–water partition coefficient (Wildman–Crippen LogP) is 7.06. The van der Waals surface area contributed by atoms with Gasteiger partial charge in [-0.05, 0) is 26.1 Å². The molecule has 0 atom stereocenters. The van der Waals surface area contributed by atoms with Crippen molar-refractivity contribution in [3.05, 3.63) is 0 Å². The van der Waals surface area contributed by atoms with Crippen molar-refractivity contribution in [1.29, 1.82) is 0 Å². The monoisotopic (exact) mass is 652 g/mol. The molecule has 0 saturated carbocycles. The molecular weight excluding hydrogens is 580 g/mol. The first-order valence-electron chi connectivity index (χ1n) is 17.8. The third kappa shape index (κ3) is 41.9. The third-order valence-electron chi connectivity index (χ3n) is 6.76. The van der Waals surface area contributed by atoms with Crippen LogP contribution in [0.2, 0.25) is 19.6 Å². The van der Waals surface area contributed by atoms with E-state index in [1.165, 1.54) is 77.0 Å². The second-order valence-corrected chi connectivity index (χ2v) is 16.6. The molecule has 44 heavy (non-hydrogen) atoms. The second kappa shape index (κ2) is 37.3. The van der Waals surface area contributed by atoms with Gasteiger partial charge in [-0.15, -0.1) is 0 Å². The van der Waals surface area contributed by atoms with E-state index in [0.29, 0.717) is 106 Å². The minimum absolute atomic E-state index is 0.542. The van der Waals surface area contributed by atoms with Gasteiger partial charge in [-0.1, -0.05) is 84.0 Å². The summed E-state index contributed by atoms with van der Waals surface area (Å²) in [7, 11) is -1.44. The Balaban J connectivity index is 3.05. The Kier molecular flexibility index (Phi) is 37.2. The standard InChI is InChI=1S/C34H72O9Si/c1-5-6-7-8-9-10-11-12-13-14-15-16-17-18-35-19-20-36-21-22-37-23-24-38-25-26-39-27-28-40-29-30-41-31-32-42-33-34-43-44(2,3)4/h5-34H2,1-4H3. The lowest BCUT2D eigenvalue weighted by Gasteiger charge is -2.16. The van der Waals surface area contributed by atoms with Gasteiger partial charge in [0.15, 0.2) is 8.32 Å². The fraction of sp³-hybridized carbons (Fsp3) is 1.00. The Morgan fingerprint density at radius 3 is 0.773 bits per heavy atom. The normalized spacial score (nSPS) is 12.0. The van der Waals surface area contributed by atoms with Crippen molar-refractivity contribution in [1.82, 2.24) is 0 Å². The van der Waals surface area contributed by atoms with Crippen LogP contribution in [-0.4, -0.2) is 121 Å². The molecule has 0 aliphatic rings. The zero-order valence-corrected chi connectivity index (χ0v) is 30.4. The SMILES string of the molecule is CCCCCCCCCCCCCCCOCCOCCOCCOCCOCCOCCOCCOCCO[Si](C)(C)C. The van der Waals surface area contributed by atoms with Crippen LogP contribution in [0.4, 0.5) is 0 Å². The van der Waals surface area contributed by atoms with Crippen molar-refractivity contribution < 1.29 is 42.3 Å². The molecule has 0 fully saturated rings. The summed E-state index contributed by atoms with van der Waals surface area (Å²) in [6, 6.07) is 0. The summed E-state index contributed by atoms with van der Waals surface area (Å²) < 4.78 is 49.9. The second-order valence-electron chi connectivity index (χ2n) is 12.1. The first-order chi connectivity index (χ1) is 21.6. The summed E-state index contributed by atoms with van der Waals surface area (Å²) in [6.07, 6.45) is 17.8. The highest BCUT2D eigenvalue weighted by Crippen LogP contribution is 2.12. The van der Waals surface area contributed by atoms with Crippen LogP contribution in [0, 0.1) is 0 Å². The van der Waals surface area contributed by atoms with Gasteiger partial charge in [0, 0.05) is 6.61 Å². The average molecular weight is 653 g/mol. The van der Waals surface area contributed by atoms with Crippen LogP contribution < -0.4 is 0 Å². The molecule has 9 nitrogen and oxygen atoms in total. The number of ether oxygens (including phenoxy) is 8. The van der Waals surface area contributed by atoms with Gasteiger partial charge in [0.2, 0.25) is 0 Å². The highest BCUT2D eigenvalue weighted by molar-refractivity contribution is 6.69. The summed E-state index contributed by atoms with van der Waals surface area (Å²) in [5.41, 5.74) is 0. The molecular formula is C34H72O9Si. The topological polar surface area (TPSA) is 83.1 Å². The molecule has 0 spiro atoms. The Morgan fingerprint density at radius 1 is 0.273 bits per heavy atom. The van der Waals surface area contributed by atoms with E-state index in [-0.39, 0.29) is 0 Å². The van der Waals surface area contributed by atoms with Crippen LogP contribution in [0.1, 0.15) is 90.4 Å². The van der Waals surface area contributed by atoms with Crippen LogP contribution in [-0.2, 0) is 42.3 Å². The van der Waals surface area contributed by atoms with Crippen molar-refractivity contribution in [3.8, 4) is 0 Å². The van der Waals surface area contributed by atoms with Crippen molar-refractivity contribution >= 4 is 8.32 Å². The zero-order chi connectivity index (χ0) is 32.1. The van der Waals surface area contributed by atoms with Gasteiger partial charge in [0.1, 0.15) is 0 Å². The molecule has 0 rings (SSSR count).